The van der Waals surface area contributed by atoms with Crippen LogP contribution in [-0.2, 0) is 0 Å². The third kappa shape index (κ3) is 2.31. The molecule has 1 N–H and O–H groups in total. The molecule has 0 amide bonds. The number of rotatable bonds is 4. The average Bonchev–Trinajstić information content (AvgIpc) is 3.11. The molecule has 3 aromatic rings. The predicted octanol–water partition coefficient (Wildman–Crippen LogP) is 4.54. The number of benzene rings is 1. The van der Waals surface area contributed by atoms with Crippen LogP contribution in [0.25, 0.3) is 0 Å². The van der Waals surface area contributed by atoms with Crippen LogP contribution in [0, 0.1) is 0 Å². The molecular formula is C15H13NOS. The molecule has 3 rings (SSSR count). The molecule has 0 fully saturated rings. The maximum Gasteiger partial charge on any atom is 0.131 e. The Hall–Kier alpha value is -2.00. The van der Waals surface area contributed by atoms with Gasteiger partial charge in [-0.25, -0.2) is 0 Å². The first-order valence-corrected chi connectivity index (χ1v) is 6.70. The van der Waals surface area contributed by atoms with Gasteiger partial charge in [-0.15, -0.1) is 11.3 Å². The summed E-state index contributed by atoms with van der Waals surface area (Å²) in [5, 5.41) is 5.58. The van der Waals surface area contributed by atoms with Crippen LogP contribution in [0.2, 0.25) is 0 Å². The van der Waals surface area contributed by atoms with E-state index in [4.69, 9.17) is 4.42 Å². The Balaban J connectivity index is 1.92. The quantitative estimate of drug-likeness (QED) is 0.740. The van der Waals surface area contributed by atoms with Crippen LogP contribution in [-0.4, -0.2) is 0 Å². The van der Waals surface area contributed by atoms with Crippen molar-refractivity contribution >= 4 is 17.0 Å². The second-order valence-electron chi connectivity index (χ2n) is 3.97. The van der Waals surface area contributed by atoms with E-state index in [0.29, 0.717) is 0 Å². The van der Waals surface area contributed by atoms with E-state index in [0.717, 1.165) is 11.4 Å². The first kappa shape index (κ1) is 11.1. The van der Waals surface area contributed by atoms with Crippen LogP contribution in [0.5, 0.6) is 0 Å². The van der Waals surface area contributed by atoms with Crippen molar-refractivity contribution in [2.75, 3.05) is 5.32 Å². The van der Waals surface area contributed by atoms with Crippen LogP contribution in [0.4, 0.5) is 5.69 Å². The van der Waals surface area contributed by atoms with Crippen molar-refractivity contribution in [2.45, 2.75) is 6.04 Å². The zero-order chi connectivity index (χ0) is 12.2. The van der Waals surface area contributed by atoms with Gasteiger partial charge in [0.1, 0.15) is 11.8 Å². The fraction of sp³-hybridized carbons (Fsp3) is 0.0667. The minimum absolute atomic E-state index is 0.0717. The molecule has 0 saturated heterocycles. The van der Waals surface area contributed by atoms with Gasteiger partial charge >= 0.3 is 0 Å². The maximum absolute atomic E-state index is 5.54. The summed E-state index contributed by atoms with van der Waals surface area (Å²) in [4.78, 5) is 1.24. The smallest absolute Gasteiger partial charge is 0.131 e. The van der Waals surface area contributed by atoms with Gasteiger partial charge in [0.05, 0.1) is 6.26 Å². The minimum Gasteiger partial charge on any atom is -0.467 e. The third-order valence-corrected chi connectivity index (χ3v) is 3.68. The zero-order valence-electron chi connectivity index (χ0n) is 9.74. The number of hydrogen-bond donors (Lipinski definition) is 1. The van der Waals surface area contributed by atoms with E-state index in [9.17, 15) is 0 Å². The Kier molecular flexibility index (Phi) is 3.15. The van der Waals surface area contributed by atoms with Crippen molar-refractivity contribution in [3.63, 3.8) is 0 Å². The van der Waals surface area contributed by atoms with Crippen LogP contribution >= 0.6 is 11.3 Å². The second kappa shape index (κ2) is 5.10. The Bertz CT molecular complexity index is 538. The molecule has 2 aromatic heterocycles. The summed E-state index contributed by atoms with van der Waals surface area (Å²) in [6.45, 7) is 0. The summed E-state index contributed by atoms with van der Waals surface area (Å²) in [6.07, 6.45) is 1.71. The Morgan fingerprint density at radius 1 is 0.944 bits per heavy atom. The molecule has 1 aromatic carbocycles. The maximum atomic E-state index is 5.54. The molecule has 0 spiro atoms. The predicted molar refractivity (Wildman–Crippen MR) is 74.9 cm³/mol. The van der Waals surface area contributed by atoms with E-state index in [2.05, 4.69) is 35.0 Å². The van der Waals surface area contributed by atoms with Gasteiger partial charge in [-0.05, 0) is 35.7 Å². The lowest BCUT2D eigenvalue weighted by Gasteiger charge is -2.16. The van der Waals surface area contributed by atoms with Crippen molar-refractivity contribution in [2.24, 2.45) is 0 Å². The second-order valence-corrected chi connectivity index (χ2v) is 4.95. The van der Waals surface area contributed by atoms with Gasteiger partial charge in [-0.2, -0.15) is 0 Å². The van der Waals surface area contributed by atoms with Crippen molar-refractivity contribution in [3.8, 4) is 0 Å². The van der Waals surface area contributed by atoms with Gasteiger partial charge in [-0.1, -0.05) is 24.3 Å². The lowest BCUT2D eigenvalue weighted by atomic mass is 10.1. The van der Waals surface area contributed by atoms with Crippen LogP contribution in [0.1, 0.15) is 16.7 Å². The first-order valence-electron chi connectivity index (χ1n) is 5.82. The molecule has 1 atom stereocenters. The topological polar surface area (TPSA) is 25.2 Å². The summed E-state index contributed by atoms with van der Waals surface area (Å²) < 4.78 is 5.54. The van der Waals surface area contributed by atoms with Gasteiger partial charge in [0.2, 0.25) is 0 Å². The minimum atomic E-state index is 0.0717. The normalized spacial score (nSPS) is 12.2. The molecule has 3 heteroatoms. The van der Waals surface area contributed by atoms with E-state index < -0.39 is 0 Å². The zero-order valence-corrected chi connectivity index (χ0v) is 10.6. The van der Waals surface area contributed by atoms with Gasteiger partial charge in [0, 0.05) is 10.6 Å². The van der Waals surface area contributed by atoms with E-state index in [-0.39, 0.29) is 6.04 Å². The summed E-state index contributed by atoms with van der Waals surface area (Å²) in [7, 11) is 0. The van der Waals surface area contributed by atoms with Crippen molar-refractivity contribution in [1.29, 1.82) is 0 Å². The number of thiophene rings is 1. The molecule has 2 heterocycles. The molecule has 90 valence electrons. The number of para-hydroxylation sites is 1. The highest BCUT2D eigenvalue weighted by atomic mass is 32.1. The van der Waals surface area contributed by atoms with Crippen molar-refractivity contribution in [3.05, 3.63) is 76.9 Å². The monoisotopic (exact) mass is 255 g/mol. The number of nitrogens with one attached hydrogen (secondary N) is 1. The molecule has 18 heavy (non-hydrogen) atoms. The van der Waals surface area contributed by atoms with E-state index in [1.54, 1.807) is 17.6 Å². The first-order chi connectivity index (χ1) is 8.93. The van der Waals surface area contributed by atoms with Gasteiger partial charge in [0.25, 0.3) is 0 Å². The summed E-state index contributed by atoms with van der Waals surface area (Å²) >= 11 is 1.73. The molecule has 0 bridgehead atoms. The van der Waals surface area contributed by atoms with Gasteiger partial charge < -0.3 is 9.73 Å². The Morgan fingerprint density at radius 2 is 1.83 bits per heavy atom. The number of furan rings is 1. The SMILES string of the molecule is c1ccc(NC(c2ccco2)c2cccs2)cc1. The molecule has 0 aliphatic carbocycles. The fourth-order valence-electron chi connectivity index (χ4n) is 1.89. The molecule has 0 radical (unpaired) electrons. The Labute approximate surface area is 110 Å². The molecule has 2 nitrogen and oxygen atoms in total. The summed E-state index contributed by atoms with van der Waals surface area (Å²) in [5.41, 5.74) is 1.09. The van der Waals surface area contributed by atoms with E-state index in [1.807, 2.05) is 30.3 Å². The standard InChI is InChI=1S/C15H13NOS/c1-2-6-12(7-3-1)16-15(13-8-4-10-17-13)14-9-5-11-18-14/h1-11,15-16H. The highest BCUT2D eigenvalue weighted by molar-refractivity contribution is 7.10. The van der Waals surface area contributed by atoms with Crippen LogP contribution in [0.15, 0.2) is 70.7 Å². The summed E-state index contributed by atoms with van der Waals surface area (Å²) in [5.74, 6) is 0.932. The van der Waals surface area contributed by atoms with Crippen LogP contribution in [0.3, 0.4) is 0 Å². The fourth-order valence-corrected chi connectivity index (χ4v) is 2.68. The van der Waals surface area contributed by atoms with Crippen LogP contribution < -0.4 is 5.32 Å². The third-order valence-electron chi connectivity index (χ3n) is 2.74. The lowest BCUT2D eigenvalue weighted by Crippen LogP contribution is -2.09. The molecule has 1 unspecified atom stereocenters. The molecule has 0 saturated carbocycles. The van der Waals surface area contributed by atoms with Crippen molar-refractivity contribution in [1.82, 2.24) is 0 Å². The molecule has 0 aliphatic heterocycles. The number of hydrogen-bond acceptors (Lipinski definition) is 3. The lowest BCUT2D eigenvalue weighted by molar-refractivity contribution is 0.501. The largest absolute Gasteiger partial charge is 0.467 e. The van der Waals surface area contributed by atoms with E-state index >= 15 is 0 Å². The molecule has 0 aliphatic rings. The van der Waals surface area contributed by atoms with E-state index in [1.165, 1.54) is 4.88 Å². The average molecular weight is 255 g/mol. The number of anilines is 1. The Morgan fingerprint density at radius 3 is 2.50 bits per heavy atom. The summed E-state index contributed by atoms with van der Waals surface area (Å²) in [6, 6.07) is 18.3. The highest BCUT2D eigenvalue weighted by Gasteiger charge is 2.17. The van der Waals surface area contributed by atoms with Gasteiger partial charge in [-0.3, -0.25) is 0 Å². The highest BCUT2D eigenvalue weighted by Crippen LogP contribution is 2.29. The van der Waals surface area contributed by atoms with Crippen molar-refractivity contribution < 1.29 is 4.42 Å². The molecular weight excluding hydrogens is 242 g/mol. The van der Waals surface area contributed by atoms with Gasteiger partial charge in [0.15, 0.2) is 0 Å².